The Balaban J connectivity index is 0.000000418. The lowest BCUT2D eigenvalue weighted by molar-refractivity contribution is -0.142. The van der Waals surface area contributed by atoms with Gasteiger partial charge in [0.1, 0.15) is 5.78 Å². The van der Waals surface area contributed by atoms with Gasteiger partial charge in [0.15, 0.2) is 0 Å². The summed E-state index contributed by atoms with van der Waals surface area (Å²) in [6, 6.07) is 6.06. The first-order chi connectivity index (χ1) is 14.3. The van der Waals surface area contributed by atoms with Crippen molar-refractivity contribution in [2.75, 3.05) is 6.26 Å². The molecule has 1 aliphatic heterocycles. The lowest BCUT2D eigenvalue weighted by Gasteiger charge is -2.56. The molecule has 4 saturated carbocycles. The quantitative estimate of drug-likeness (QED) is 0.626. The van der Waals surface area contributed by atoms with Crippen molar-refractivity contribution in [1.82, 2.24) is 0 Å². The summed E-state index contributed by atoms with van der Waals surface area (Å²) in [5, 5.41) is 0.771. The van der Waals surface area contributed by atoms with Crippen LogP contribution in [0.3, 0.4) is 0 Å². The van der Waals surface area contributed by atoms with Gasteiger partial charge in [-0.2, -0.15) is 8.42 Å². The molecule has 7 heteroatoms. The topological polar surface area (TPSA) is 83.8 Å². The van der Waals surface area contributed by atoms with Crippen LogP contribution >= 0.6 is 11.6 Å². The number of fused-ring (bicyclic) bond motifs is 1. The highest BCUT2D eigenvalue weighted by molar-refractivity contribution is 7.85. The number of ketones is 1. The second-order valence-corrected chi connectivity index (χ2v) is 12.8. The van der Waals surface area contributed by atoms with E-state index in [0.717, 1.165) is 59.7 Å². The Morgan fingerprint density at radius 3 is 2.16 bits per heavy atom. The molecular weight excluding hydrogens is 434 g/mol. The first-order valence-electron chi connectivity index (χ1n) is 11.2. The number of Topliss-reactive ketones (excluding diaryl/α,β-unsaturated/α-hetero) is 1. The molecular formula is C24H32ClNO4S. The minimum Gasteiger partial charge on any atom is -0.299 e. The largest absolute Gasteiger partial charge is 0.299 e. The van der Waals surface area contributed by atoms with Gasteiger partial charge in [0.25, 0.3) is 10.1 Å². The predicted molar refractivity (Wildman–Crippen MR) is 123 cm³/mol. The molecule has 1 N–H and O–H groups in total. The Morgan fingerprint density at radius 2 is 1.65 bits per heavy atom. The number of nitrogens with zero attached hydrogens (tertiary/aromatic N) is 1. The number of aliphatic imine (C=N–C) groups is 1. The molecule has 0 radical (unpaired) electrons. The third kappa shape index (κ3) is 5.23. The minimum absolute atomic E-state index is 0.0363. The van der Waals surface area contributed by atoms with E-state index in [-0.39, 0.29) is 11.0 Å². The second-order valence-electron chi connectivity index (χ2n) is 10.9. The average molecular weight is 466 g/mol. The Bertz CT molecular complexity index is 985. The van der Waals surface area contributed by atoms with Crippen LogP contribution in [0.2, 0.25) is 5.02 Å². The number of halogens is 1. The fraction of sp³-hybridized carbons (Fsp3) is 0.667. The van der Waals surface area contributed by atoms with Crippen molar-refractivity contribution in [3.8, 4) is 0 Å². The van der Waals surface area contributed by atoms with Crippen LogP contribution in [0.1, 0.15) is 69.9 Å². The summed E-state index contributed by atoms with van der Waals surface area (Å²) < 4.78 is 25.9. The summed E-state index contributed by atoms with van der Waals surface area (Å²) in [7, 11) is -3.67. The lowest BCUT2D eigenvalue weighted by atomic mass is 9.48. The van der Waals surface area contributed by atoms with Crippen LogP contribution in [0.4, 0.5) is 0 Å². The van der Waals surface area contributed by atoms with Gasteiger partial charge in [-0.25, -0.2) is 0 Å². The average Bonchev–Trinajstić information content (AvgIpc) is 2.57. The van der Waals surface area contributed by atoms with Crippen molar-refractivity contribution in [1.29, 1.82) is 0 Å². The van der Waals surface area contributed by atoms with Gasteiger partial charge in [-0.15, -0.1) is 0 Å². The normalized spacial score (nSPS) is 32.5. The molecule has 0 aromatic heterocycles. The summed E-state index contributed by atoms with van der Waals surface area (Å²) in [5.41, 5.74) is 3.19. The van der Waals surface area contributed by atoms with Crippen molar-refractivity contribution in [3.63, 3.8) is 0 Å². The van der Waals surface area contributed by atoms with Crippen molar-refractivity contribution in [2.45, 2.75) is 70.8 Å². The zero-order valence-corrected chi connectivity index (χ0v) is 20.1. The highest BCUT2D eigenvalue weighted by Gasteiger charge is 2.54. The zero-order valence-electron chi connectivity index (χ0n) is 18.5. The standard InChI is InChI=1S/C23H28ClNO.CH4O3S/c1-22(2)13-17-8-18(24)3-4-19(17)20(25-22)9-21(26)23-10-14-5-15(11-23)7-16(6-14)12-23;1-5(2,3)4/h3-4,8,14-16H,5-7,9-13H2,1-2H3;1H3,(H,2,3,4). The molecule has 0 unspecified atom stereocenters. The third-order valence-electron chi connectivity index (χ3n) is 7.40. The van der Waals surface area contributed by atoms with Gasteiger partial charge in [-0.3, -0.25) is 14.3 Å². The van der Waals surface area contributed by atoms with Crippen LogP contribution in [0, 0.1) is 23.2 Å². The number of benzene rings is 1. The maximum atomic E-state index is 13.5. The van der Waals surface area contributed by atoms with E-state index in [1.807, 2.05) is 6.07 Å². The summed E-state index contributed by atoms with van der Waals surface area (Å²) >= 11 is 6.23. The predicted octanol–water partition coefficient (Wildman–Crippen LogP) is 5.14. The number of carbonyl (C=O) groups excluding carboxylic acids is 1. The van der Waals surface area contributed by atoms with Gasteiger partial charge in [0.05, 0.1) is 17.5 Å². The van der Waals surface area contributed by atoms with Crippen LogP contribution in [0.5, 0.6) is 0 Å². The smallest absolute Gasteiger partial charge is 0.261 e. The Morgan fingerprint density at radius 1 is 1.13 bits per heavy atom. The molecule has 0 atom stereocenters. The number of rotatable bonds is 3. The van der Waals surface area contributed by atoms with Gasteiger partial charge in [-0.05, 0) is 99.8 Å². The third-order valence-corrected chi connectivity index (χ3v) is 7.63. The number of hydrogen-bond acceptors (Lipinski definition) is 4. The maximum Gasteiger partial charge on any atom is 0.261 e. The molecule has 0 amide bonds. The summed E-state index contributed by atoms with van der Waals surface area (Å²) in [5.74, 6) is 2.89. The van der Waals surface area contributed by atoms with Crippen LogP contribution < -0.4 is 0 Å². The van der Waals surface area contributed by atoms with Gasteiger partial charge in [-0.1, -0.05) is 17.7 Å². The Kier molecular flexibility index (Phi) is 5.89. The van der Waals surface area contributed by atoms with Gasteiger partial charge in [0.2, 0.25) is 0 Å². The number of hydrogen-bond donors (Lipinski definition) is 1. The van der Waals surface area contributed by atoms with Crippen molar-refractivity contribution in [2.24, 2.45) is 28.2 Å². The van der Waals surface area contributed by atoms with Crippen molar-refractivity contribution in [3.05, 3.63) is 34.3 Å². The Labute approximate surface area is 190 Å². The van der Waals surface area contributed by atoms with E-state index in [1.165, 1.54) is 24.8 Å². The highest BCUT2D eigenvalue weighted by atomic mass is 35.5. The molecule has 5 nitrogen and oxygen atoms in total. The lowest BCUT2D eigenvalue weighted by Crippen LogP contribution is -2.50. The fourth-order valence-electron chi connectivity index (χ4n) is 6.85. The zero-order chi connectivity index (χ0) is 22.6. The monoisotopic (exact) mass is 465 g/mol. The summed E-state index contributed by atoms with van der Waals surface area (Å²) in [6.07, 6.45) is 9.66. The summed E-state index contributed by atoms with van der Waals surface area (Å²) in [4.78, 5) is 18.6. The fourth-order valence-corrected chi connectivity index (χ4v) is 7.04. The van der Waals surface area contributed by atoms with Crippen molar-refractivity contribution < 1.29 is 17.8 Å². The van der Waals surface area contributed by atoms with Crippen LogP contribution in [0.15, 0.2) is 23.2 Å². The van der Waals surface area contributed by atoms with Crippen LogP contribution in [-0.2, 0) is 21.3 Å². The van der Waals surface area contributed by atoms with Gasteiger partial charge in [0, 0.05) is 16.9 Å². The van der Waals surface area contributed by atoms with E-state index in [9.17, 15) is 13.2 Å². The maximum absolute atomic E-state index is 13.5. The SMILES string of the molecule is CC1(C)Cc2cc(Cl)ccc2C(CC(=O)C23CC4CC(CC(C4)C2)C3)=N1.CS(=O)(=O)O. The van der Waals surface area contributed by atoms with Crippen LogP contribution in [-0.4, -0.2) is 36.3 Å². The molecule has 4 bridgehead atoms. The van der Waals surface area contributed by atoms with E-state index < -0.39 is 10.1 Å². The first kappa shape index (κ1) is 22.9. The minimum atomic E-state index is -3.67. The Hall–Kier alpha value is -1.24. The molecule has 4 aliphatic carbocycles. The molecule has 6 rings (SSSR count). The van der Waals surface area contributed by atoms with E-state index in [2.05, 4.69) is 26.0 Å². The van der Waals surface area contributed by atoms with E-state index in [1.54, 1.807) is 0 Å². The molecule has 1 aromatic carbocycles. The van der Waals surface area contributed by atoms with E-state index in [4.69, 9.17) is 21.1 Å². The van der Waals surface area contributed by atoms with Gasteiger partial charge >= 0.3 is 0 Å². The molecule has 1 heterocycles. The molecule has 5 aliphatic rings. The molecule has 1 aromatic rings. The van der Waals surface area contributed by atoms with E-state index >= 15 is 0 Å². The van der Waals surface area contributed by atoms with Crippen LogP contribution in [0.25, 0.3) is 0 Å². The molecule has 0 saturated heterocycles. The summed E-state index contributed by atoms with van der Waals surface area (Å²) in [6.45, 7) is 4.32. The number of carbonyl (C=O) groups is 1. The van der Waals surface area contributed by atoms with E-state index in [0.29, 0.717) is 18.5 Å². The highest BCUT2D eigenvalue weighted by Crippen LogP contribution is 2.60. The van der Waals surface area contributed by atoms with Gasteiger partial charge < -0.3 is 0 Å². The first-order valence-corrected chi connectivity index (χ1v) is 13.4. The molecule has 31 heavy (non-hydrogen) atoms. The van der Waals surface area contributed by atoms with Crippen molar-refractivity contribution >= 4 is 33.2 Å². The molecule has 4 fully saturated rings. The molecule has 170 valence electrons. The molecule has 0 spiro atoms. The second kappa shape index (κ2) is 7.96.